The van der Waals surface area contributed by atoms with E-state index in [9.17, 15) is 14.0 Å². The molecule has 2 aromatic carbocycles. The van der Waals surface area contributed by atoms with Crippen LogP contribution in [0.1, 0.15) is 41.3 Å². The van der Waals surface area contributed by atoms with Crippen LogP contribution in [0.15, 0.2) is 36.5 Å². The molecule has 2 unspecified atom stereocenters. The molecule has 8 nitrogen and oxygen atoms in total. The monoisotopic (exact) mass is 572 g/mol. The van der Waals surface area contributed by atoms with Crippen molar-refractivity contribution in [3.05, 3.63) is 75.7 Å². The molecular formula is C28H28ClF3N6O2. The smallest absolute Gasteiger partial charge is 0.260 e. The largest absolute Gasteiger partial charge is 0.377 e. The van der Waals surface area contributed by atoms with Crippen molar-refractivity contribution in [2.75, 3.05) is 36.4 Å². The number of benzene rings is 2. The Hall–Kier alpha value is -3.57. The van der Waals surface area contributed by atoms with Crippen molar-refractivity contribution in [2.45, 2.75) is 37.3 Å². The predicted molar refractivity (Wildman–Crippen MR) is 144 cm³/mol. The highest BCUT2D eigenvalue weighted by molar-refractivity contribution is 6.30. The Labute approximate surface area is 234 Å². The molecule has 0 spiro atoms. The van der Waals surface area contributed by atoms with Crippen molar-refractivity contribution < 1.29 is 22.8 Å². The van der Waals surface area contributed by atoms with Gasteiger partial charge in [-0.05, 0) is 38.0 Å². The predicted octanol–water partition coefficient (Wildman–Crippen LogP) is 3.83. The molecule has 6 rings (SSSR count). The molecule has 4 heterocycles. The summed E-state index contributed by atoms with van der Waals surface area (Å²) in [6.45, 7) is 3.14. The standard InChI is InChI=1S/C28H28ClF3N6O2/c1-28(17-5-3-6-18(29)23(17)31)14-38(25-19(30)13-36(2)35-25)27(40)16-8-9-20(24(32)22(16)28)34-15-11-37(12-15)21-7-4-10-33-26(21)39/h3,5-6,8-9,13,15,21,34H,4,7,10-12,14H2,1-2H3,(H,33,39). The maximum atomic E-state index is 16.4. The lowest BCUT2D eigenvalue weighted by molar-refractivity contribution is -0.130. The van der Waals surface area contributed by atoms with Gasteiger partial charge in [-0.1, -0.05) is 23.7 Å². The highest BCUT2D eigenvalue weighted by Gasteiger charge is 2.47. The van der Waals surface area contributed by atoms with E-state index in [2.05, 4.69) is 20.6 Å². The van der Waals surface area contributed by atoms with Crippen LogP contribution in [0.4, 0.5) is 24.7 Å². The number of amides is 2. The van der Waals surface area contributed by atoms with Gasteiger partial charge in [0.15, 0.2) is 17.5 Å². The summed E-state index contributed by atoms with van der Waals surface area (Å²) >= 11 is 6.12. The number of carbonyl (C=O) groups is 2. The second kappa shape index (κ2) is 9.81. The van der Waals surface area contributed by atoms with Gasteiger partial charge in [-0.15, -0.1) is 0 Å². The maximum Gasteiger partial charge on any atom is 0.260 e. The highest BCUT2D eigenvalue weighted by atomic mass is 35.5. The molecule has 0 saturated carbocycles. The number of nitrogens with one attached hydrogen (secondary N) is 2. The van der Waals surface area contributed by atoms with Gasteiger partial charge >= 0.3 is 0 Å². The second-order valence-corrected chi connectivity index (χ2v) is 11.3. The molecule has 2 fully saturated rings. The molecule has 2 amide bonds. The van der Waals surface area contributed by atoms with Gasteiger partial charge in [-0.3, -0.25) is 24.1 Å². The van der Waals surface area contributed by atoms with E-state index in [1.165, 1.54) is 36.0 Å². The summed E-state index contributed by atoms with van der Waals surface area (Å²) in [6, 6.07) is 7.07. The zero-order valence-electron chi connectivity index (χ0n) is 22.0. The molecule has 0 radical (unpaired) electrons. The van der Waals surface area contributed by atoms with Crippen LogP contribution in [0.5, 0.6) is 0 Å². The van der Waals surface area contributed by atoms with E-state index in [0.29, 0.717) is 19.6 Å². The van der Waals surface area contributed by atoms with Crippen LogP contribution < -0.4 is 15.5 Å². The van der Waals surface area contributed by atoms with Crippen LogP contribution in [0.25, 0.3) is 0 Å². The van der Waals surface area contributed by atoms with Gasteiger partial charge in [-0.2, -0.15) is 5.10 Å². The molecule has 2 N–H and O–H groups in total. The SMILES string of the molecule is Cn1cc(F)c(N2CC(C)(c3cccc(Cl)c3F)c3c(ccc(NC4CN(C5CCCNC5=O)C4)c3F)C2=O)n1. The third-order valence-corrected chi connectivity index (χ3v) is 8.47. The summed E-state index contributed by atoms with van der Waals surface area (Å²) in [5.74, 6) is -3.02. The third kappa shape index (κ3) is 4.23. The van der Waals surface area contributed by atoms with Crippen LogP contribution in [-0.2, 0) is 17.3 Å². The van der Waals surface area contributed by atoms with Crippen LogP contribution in [0.2, 0.25) is 5.02 Å². The van der Waals surface area contributed by atoms with Gasteiger partial charge < -0.3 is 10.6 Å². The molecular weight excluding hydrogens is 545 g/mol. The first-order valence-corrected chi connectivity index (χ1v) is 13.5. The molecule has 3 aliphatic heterocycles. The molecule has 3 aromatic rings. The fourth-order valence-electron chi connectivity index (χ4n) is 6.15. The lowest BCUT2D eigenvalue weighted by Gasteiger charge is -2.45. The minimum atomic E-state index is -1.43. The fraction of sp³-hybridized carbons (Fsp3) is 0.393. The average Bonchev–Trinajstić information content (AvgIpc) is 3.23. The molecule has 12 heteroatoms. The van der Waals surface area contributed by atoms with E-state index in [-0.39, 0.29) is 57.8 Å². The Kier molecular flexibility index (Phi) is 6.53. The first-order chi connectivity index (χ1) is 19.1. The van der Waals surface area contributed by atoms with E-state index in [1.807, 2.05) is 0 Å². The lowest BCUT2D eigenvalue weighted by Crippen LogP contribution is -2.63. The number of halogens is 4. The van der Waals surface area contributed by atoms with Crippen molar-refractivity contribution in [3.63, 3.8) is 0 Å². The number of aryl methyl sites for hydroxylation is 1. The van der Waals surface area contributed by atoms with Crippen LogP contribution in [0, 0.1) is 17.5 Å². The van der Waals surface area contributed by atoms with Gasteiger partial charge in [-0.25, -0.2) is 13.2 Å². The number of carbonyl (C=O) groups excluding carboxylic acids is 2. The Balaban J connectivity index is 1.38. The molecule has 3 aliphatic rings. The Morgan fingerprint density at radius 1 is 1.12 bits per heavy atom. The normalized spacial score (nSPS) is 23.6. The number of likely N-dealkylation sites (tertiary alicyclic amines) is 1. The number of rotatable bonds is 5. The minimum Gasteiger partial charge on any atom is -0.377 e. The van der Waals surface area contributed by atoms with E-state index in [0.717, 1.165) is 23.9 Å². The van der Waals surface area contributed by atoms with Crippen molar-refractivity contribution in [1.82, 2.24) is 20.0 Å². The van der Waals surface area contributed by atoms with Crippen LogP contribution in [0.3, 0.4) is 0 Å². The van der Waals surface area contributed by atoms with Crippen molar-refractivity contribution in [3.8, 4) is 0 Å². The zero-order chi connectivity index (χ0) is 28.3. The molecule has 40 heavy (non-hydrogen) atoms. The molecule has 1 aromatic heterocycles. The number of piperidine rings is 1. The summed E-state index contributed by atoms with van der Waals surface area (Å²) in [6.07, 6.45) is 2.82. The van der Waals surface area contributed by atoms with Crippen molar-refractivity contribution >= 4 is 34.9 Å². The van der Waals surface area contributed by atoms with Gasteiger partial charge in [0.1, 0.15) is 5.82 Å². The van der Waals surface area contributed by atoms with Gasteiger partial charge in [0.25, 0.3) is 5.91 Å². The maximum absolute atomic E-state index is 16.4. The number of aromatic nitrogens is 2. The fourth-order valence-corrected chi connectivity index (χ4v) is 6.33. The number of anilines is 2. The van der Waals surface area contributed by atoms with E-state index in [1.54, 1.807) is 13.0 Å². The summed E-state index contributed by atoms with van der Waals surface area (Å²) < 4.78 is 47.9. The second-order valence-electron chi connectivity index (χ2n) is 10.9. The summed E-state index contributed by atoms with van der Waals surface area (Å²) in [4.78, 5) is 29.0. The lowest BCUT2D eigenvalue weighted by atomic mass is 9.70. The Morgan fingerprint density at radius 2 is 1.90 bits per heavy atom. The first kappa shape index (κ1) is 26.6. The topological polar surface area (TPSA) is 82.5 Å². The van der Waals surface area contributed by atoms with Gasteiger partial charge in [0, 0.05) is 55.3 Å². The minimum absolute atomic E-state index is 0.000839. The number of hydrogen-bond donors (Lipinski definition) is 2. The Morgan fingerprint density at radius 3 is 2.60 bits per heavy atom. The number of nitrogens with zero attached hydrogens (tertiary/aromatic N) is 4. The van der Waals surface area contributed by atoms with Gasteiger partial charge in [0.05, 0.1) is 29.0 Å². The van der Waals surface area contributed by atoms with E-state index >= 15 is 8.78 Å². The molecule has 2 atom stereocenters. The quantitative estimate of drug-likeness (QED) is 0.486. The van der Waals surface area contributed by atoms with Crippen LogP contribution in [-0.4, -0.2) is 64.8 Å². The van der Waals surface area contributed by atoms with E-state index < -0.39 is 28.8 Å². The molecule has 0 bridgehead atoms. The molecule has 2 saturated heterocycles. The van der Waals surface area contributed by atoms with Crippen LogP contribution >= 0.6 is 11.6 Å². The van der Waals surface area contributed by atoms with Gasteiger partial charge in [0.2, 0.25) is 5.91 Å². The highest BCUT2D eigenvalue weighted by Crippen LogP contribution is 2.45. The average molecular weight is 573 g/mol. The Bertz CT molecular complexity index is 1520. The van der Waals surface area contributed by atoms with E-state index in [4.69, 9.17) is 11.6 Å². The summed E-state index contributed by atoms with van der Waals surface area (Å²) in [7, 11) is 1.52. The molecule has 210 valence electrons. The first-order valence-electron chi connectivity index (χ1n) is 13.1. The number of hydrogen-bond acceptors (Lipinski definition) is 5. The van der Waals surface area contributed by atoms with Crippen molar-refractivity contribution in [2.24, 2.45) is 7.05 Å². The van der Waals surface area contributed by atoms with Crippen molar-refractivity contribution in [1.29, 1.82) is 0 Å². The summed E-state index contributed by atoms with van der Waals surface area (Å²) in [5.41, 5.74) is -1.22. The molecule has 0 aliphatic carbocycles. The summed E-state index contributed by atoms with van der Waals surface area (Å²) in [5, 5.41) is 10.0. The third-order valence-electron chi connectivity index (χ3n) is 8.18. The zero-order valence-corrected chi connectivity index (χ0v) is 22.7. The number of fused-ring (bicyclic) bond motifs is 1.